The lowest BCUT2D eigenvalue weighted by Crippen LogP contribution is -2.52. The third-order valence-corrected chi connectivity index (χ3v) is 65.8. The summed E-state index contributed by atoms with van der Waals surface area (Å²) in [7, 11) is -23.6. The van der Waals surface area contributed by atoms with Gasteiger partial charge in [-0.1, -0.05) is 70.9 Å². The highest BCUT2D eigenvalue weighted by atomic mass is 79.9. The summed E-state index contributed by atoms with van der Waals surface area (Å²) in [5.41, 5.74) is 5.14. The van der Waals surface area contributed by atoms with Gasteiger partial charge in [0.1, 0.15) is 0 Å². The van der Waals surface area contributed by atoms with Crippen molar-refractivity contribution >= 4 is 249 Å². The molecule has 0 saturated carbocycles. The van der Waals surface area contributed by atoms with E-state index in [9.17, 15) is 24.0 Å². The second-order valence-corrected chi connectivity index (χ2v) is 102. The zero-order chi connectivity index (χ0) is 97.5. The van der Waals surface area contributed by atoms with Gasteiger partial charge in [0, 0.05) is 53.9 Å². The molecule has 4 amide bonds. The Morgan fingerprint density at radius 3 is 0.886 bits per heavy atom. The van der Waals surface area contributed by atoms with E-state index in [1.165, 1.54) is 35.5 Å². The maximum atomic E-state index is 14.9. The minimum Gasteiger partial charge on any atom is -0.487 e. The minimum absolute atomic E-state index is 0. The van der Waals surface area contributed by atoms with Crippen LogP contribution in [-0.2, 0) is 56.8 Å². The topological polar surface area (TPSA) is 231 Å². The van der Waals surface area contributed by atoms with E-state index in [-0.39, 0.29) is 31.1 Å². The van der Waals surface area contributed by atoms with Gasteiger partial charge in [-0.2, -0.15) is 0 Å². The lowest BCUT2D eigenvalue weighted by Gasteiger charge is -2.38. The maximum Gasteiger partial charge on any atom is 0.499 e. The Morgan fingerprint density at radius 1 is 0.364 bits per heavy atom. The Labute approximate surface area is 837 Å². The number of carbonyl (C=O) groups is 5. The van der Waals surface area contributed by atoms with Gasteiger partial charge in [-0.25, -0.2) is 0 Å². The number of rotatable bonds is 48. The van der Waals surface area contributed by atoms with Crippen molar-refractivity contribution in [3.05, 3.63) is 134 Å². The van der Waals surface area contributed by atoms with Gasteiger partial charge in [-0.15, -0.1) is 68.0 Å². The Kier molecular flexibility index (Phi) is 43.4. The van der Waals surface area contributed by atoms with Gasteiger partial charge in [0.15, 0.2) is 77.9 Å². The molecule has 0 atom stereocenters. The summed E-state index contributed by atoms with van der Waals surface area (Å²) >= 11 is 12.6. The largest absolute Gasteiger partial charge is 0.499 e. The van der Waals surface area contributed by atoms with Crippen LogP contribution in [0.2, 0.25) is 207 Å². The van der Waals surface area contributed by atoms with Crippen LogP contribution in [0, 0.1) is 0 Å². The summed E-state index contributed by atoms with van der Waals surface area (Å²) in [6, 6.07) is 27.0. The number of halogens is 1. The van der Waals surface area contributed by atoms with E-state index in [4.69, 9.17) is 52.4 Å². The number of methoxy groups -OCH3 is 1. The molecule has 132 heavy (non-hydrogen) atoms. The maximum absolute atomic E-state index is 14.9. The lowest BCUT2D eigenvalue weighted by atomic mass is 9.90. The number of amides is 4. The van der Waals surface area contributed by atoms with Crippen LogP contribution >= 0.6 is 84.0 Å². The molecule has 11 heterocycles. The second-order valence-electron chi connectivity index (χ2n) is 42.8. The first-order valence-corrected chi connectivity index (χ1v) is 89.8. The first-order valence-electron chi connectivity index (χ1n) is 46.6. The fraction of sp³-hybridized carbons (Fsp3) is 0.593. The molecule has 0 aliphatic carbocycles. The Hall–Kier alpha value is -2.78. The summed E-state index contributed by atoms with van der Waals surface area (Å²) < 4.78 is 65.3. The van der Waals surface area contributed by atoms with Crippen molar-refractivity contribution in [2.45, 2.75) is 305 Å². The molecular weight excluding hydrogens is 2040 g/mol. The summed E-state index contributed by atoms with van der Waals surface area (Å²) in [6.45, 7) is 66.9. The van der Waals surface area contributed by atoms with Gasteiger partial charge in [0.05, 0.1) is 80.4 Å². The van der Waals surface area contributed by atoms with Crippen molar-refractivity contribution in [1.29, 1.82) is 0 Å². The summed E-state index contributed by atoms with van der Waals surface area (Å²) in [5.74, 6) is -0.330. The summed E-state index contributed by atoms with van der Waals surface area (Å²) in [6.07, 6.45) is 14.4. The molecule has 5 aliphatic rings. The highest BCUT2D eigenvalue weighted by molar-refractivity contribution is 9.11. The van der Waals surface area contributed by atoms with Crippen LogP contribution < -0.4 is 9.51 Å². The van der Waals surface area contributed by atoms with Crippen molar-refractivity contribution in [2.75, 3.05) is 46.5 Å². The third-order valence-electron chi connectivity index (χ3n) is 20.6. The van der Waals surface area contributed by atoms with Crippen molar-refractivity contribution in [3.63, 3.8) is 0 Å². The van der Waals surface area contributed by atoms with E-state index in [0.717, 1.165) is 171 Å². The third kappa shape index (κ3) is 36.3. The van der Waals surface area contributed by atoms with Gasteiger partial charge in [0.25, 0.3) is 23.6 Å². The number of hydrogen-bond acceptors (Lipinski definition) is 23. The number of aldehydes is 1. The van der Waals surface area contributed by atoms with Crippen LogP contribution in [0.25, 0.3) is 32.5 Å². The number of nitrogens with zero attached hydrogens (tertiary/aromatic N) is 4. The minimum atomic E-state index is -2.38. The van der Waals surface area contributed by atoms with Gasteiger partial charge in [0.2, 0.25) is 0 Å². The average Bonchev–Trinajstić information content (AvgIpc) is 1.56. The predicted octanol–water partition coefficient (Wildman–Crippen LogP) is 26.2. The molecule has 0 unspecified atom stereocenters. The van der Waals surface area contributed by atoms with Crippen LogP contribution in [-0.4, -0.2) is 214 Å². The zero-order valence-corrected chi connectivity index (χ0v) is 102. The van der Waals surface area contributed by atoms with Crippen LogP contribution in [0.4, 0.5) is 0 Å². The molecular formula is C91H156BBrN4O17S6Si12. The van der Waals surface area contributed by atoms with Gasteiger partial charge >= 0.3 is 41.4 Å². The van der Waals surface area contributed by atoms with E-state index in [0.29, 0.717) is 68.9 Å². The number of hydrogen-bond donors (Lipinski definition) is 2. The normalized spacial score (nSPS) is 15.8. The van der Waals surface area contributed by atoms with Crippen molar-refractivity contribution in [2.24, 2.45) is 0 Å². The number of fused-ring (bicyclic) bond motifs is 2. The molecule has 21 nitrogen and oxygen atoms in total. The fourth-order valence-electron chi connectivity index (χ4n) is 17.4. The number of thiophene rings is 6. The zero-order valence-electron chi connectivity index (χ0n) is 83.8. The van der Waals surface area contributed by atoms with Crippen LogP contribution in [0.3, 0.4) is 0 Å². The number of ether oxygens (including phenoxy) is 2. The monoisotopic (exact) mass is 2190 g/mol. The summed E-state index contributed by atoms with van der Waals surface area (Å²) in [4.78, 5) is 84.6. The molecule has 0 aromatic carbocycles. The SMILES string of the molecule is C.C1CCOC1.COc1ccc(B(O)O)s1.C[Si](C)(C)O[Si](C)(CCCCCN1C(=O)C2=C(c3ccc(-c4ccc(C=O)s4)s3)N(CCCCC[Si](C)(O[Si](C)(C)C)O[Si](C)(C)C)C(=O)C2=C1c1cccs1)O[Si](C)(C)C.C[Si](C)(C)O[Si](C)(CCCCCN1C(=O)C2=C(c3ccc(Br)s3)N(CCCCC[Si](C)(O[Si](C)(C)C)O[Si](C)(C)C)C(=O)C2=C1c1cccs1)O[Si](C)(C)C. The average molecular weight is 2200 g/mol. The van der Waals surface area contributed by atoms with E-state index in [1.807, 2.05) is 91.0 Å². The molecule has 736 valence electrons. The molecule has 6 aromatic rings. The predicted molar refractivity (Wildman–Crippen MR) is 592 cm³/mol. The van der Waals surface area contributed by atoms with Gasteiger partial charge < -0.3 is 72.0 Å². The molecule has 5 aliphatic heterocycles. The molecule has 0 spiro atoms. The first kappa shape index (κ1) is 116. The van der Waals surface area contributed by atoms with Crippen molar-refractivity contribution in [3.8, 4) is 14.8 Å². The van der Waals surface area contributed by atoms with Crippen LogP contribution in [0.15, 0.2) is 110 Å². The van der Waals surface area contributed by atoms with E-state index < -0.39 is 108 Å². The van der Waals surface area contributed by atoms with E-state index >= 15 is 0 Å². The standard InChI is InChI=1S/C43H70N2O7S3Si6.C38H67BrN2O6S2Si6.C5H7BO3S.C4H8O.CH4/c1-56(2,3)49-60(13,50-57(4,5)6)30-19-15-17-27-44-40(36-22-21-29-53-36)38-39(43(44)48)41(37-26-25-35(55-37)34-24-23-33(32-46)54-34)45(42(38)47)28-18-16-20-31-61(14,51-58(7,8)9)52-59(10,11)12;1-50(2,3)44-54(13,45-51(4,5)6)28-19-15-17-25-40-35(30-22-21-27-48-30)33-34(38(40)43)36(31-23-24-32(39)49-31)41(37(33)42)26-18-16-20-29-55(14,46-52(7,8)9)47-53(10,11)12;1-9-5-3-2-4(10-5)6(7)8;1-2-4-5-3-1;/h21-26,29,32H,15-20,27-28,30-31H2,1-14H3;21-24,27H,15-20,25-26,28-29H2,1-14H3;2-3,7-8H,1H3;1-4H2;1H4. The number of carbonyl (C=O) groups excluding carboxylic acids is 5. The van der Waals surface area contributed by atoms with Crippen molar-refractivity contribution in [1.82, 2.24) is 19.6 Å². The van der Waals surface area contributed by atoms with Gasteiger partial charge in [-0.05, 0) is 333 Å². The van der Waals surface area contributed by atoms with Crippen LogP contribution in [0.5, 0.6) is 5.06 Å². The molecule has 41 heteroatoms. The molecule has 6 aromatic heterocycles. The Bertz CT molecular complexity index is 4830. The highest BCUT2D eigenvalue weighted by Gasteiger charge is 2.53. The lowest BCUT2D eigenvalue weighted by molar-refractivity contribution is -0.124. The molecule has 1 saturated heterocycles. The van der Waals surface area contributed by atoms with E-state index in [1.54, 1.807) is 64.6 Å². The highest BCUT2D eigenvalue weighted by Crippen LogP contribution is 2.52. The smallest absolute Gasteiger partial charge is 0.487 e. The fourth-order valence-corrected chi connectivity index (χ4v) is 73.6. The first-order chi connectivity index (χ1) is 60.6. The molecule has 2 N–H and O–H groups in total. The van der Waals surface area contributed by atoms with E-state index in [2.05, 4.69) is 199 Å². The molecule has 0 bridgehead atoms. The van der Waals surface area contributed by atoms with Crippen molar-refractivity contribution < 1.29 is 76.4 Å². The second kappa shape index (κ2) is 49.3. The Morgan fingerprint density at radius 2 is 0.652 bits per heavy atom. The molecule has 11 rings (SSSR count). The number of unbranched alkanes of at least 4 members (excludes halogenated alkanes) is 8. The van der Waals surface area contributed by atoms with Gasteiger partial charge in [-0.3, -0.25) is 24.0 Å². The summed E-state index contributed by atoms with van der Waals surface area (Å²) in [5, 5.41) is 22.0. The Balaban J connectivity index is 0.000000309. The molecule has 0 radical (unpaired) electrons. The quantitative estimate of drug-likeness (QED) is 0.0205. The molecule has 1 fully saturated rings. The van der Waals surface area contributed by atoms with Crippen LogP contribution in [0.1, 0.15) is 126 Å².